The molecule has 1 aliphatic rings. The molecule has 10 rings (SSSR count). The zero-order valence-corrected chi connectivity index (χ0v) is 26.7. The van der Waals surface area contributed by atoms with Crippen molar-refractivity contribution in [3.63, 3.8) is 0 Å². The van der Waals surface area contributed by atoms with Crippen molar-refractivity contribution in [3.05, 3.63) is 163 Å². The summed E-state index contributed by atoms with van der Waals surface area (Å²) in [6, 6.07) is 53.8. The molecule has 0 aliphatic heterocycles. The van der Waals surface area contributed by atoms with Gasteiger partial charge in [-0.1, -0.05) is 129 Å². The molecule has 2 heterocycles. The summed E-state index contributed by atoms with van der Waals surface area (Å²) in [6.07, 6.45) is 0. The zero-order chi connectivity index (χ0) is 32.0. The third-order valence-electron chi connectivity index (χ3n) is 10.3. The van der Waals surface area contributed by atoms with Crippen LogP contribution in [0.1, 0.15) is 25.0 Å². The maximum Gasteiger partial charge on any atom is 0.159 e. The Morgan fingerprint density at radius 3 is 1.92 bits per heavy atom. The number of furan rings is 2. The summed E-state index contributed by atoms with van der Waals surface area (Å²) in [5.41, 5.74) is 13.8. The molecule has 7 aromatic carbocycles. The van der Waals surface area contributed by atoms with Crippen LogP contribution < -0.4 is 4.90 Å². The molecule has 0 fully saturated rings. The molecular formula is C45H31NO2. The molecule has 3 heteroatoms. The van der Waals surface area contributed by atoms with Gasteiger partial charge in [-0.25, -0.2) is 0 Å². The highest BCUT2D eigenvalue weighted by molar-refractivity contribution is 6.19. The predicted octanol–water partition coefficient (Wildman–Crippen LogP) is 12.9. The lowest BCUT2D eigenvalue weighted by atomic mass is 9.82. The van der Waals surface area contributed by atoms with Crippen molar-refractivity contribution in [1.82, 2.24) is 0 Å². The molecule has 9 aromatic rings. The van der Waals surface area contributed by atoms with Crippen LogP contribution in [-0.4, -0.2) is 0 Å². The second kappa shape index (κ2) is 9.97. The van der Waals surface area contributed by atoms with Crippen LogP contribution in [0.25, 0.3) is 66.1 Å². The second-order valence-electron chi connectivity index (χ2n) is 13.3. The minimum absolute atomic E-state index is 0.145. The predicted molar refractivity (Wildman–Crippen MR) is 199 cm³/mol. The summed E-state index contributed by atoms with van der Waals surface area (Å²) in [5, 5.41) is 4.35. The molecule has 0 saturated carbocycles. The van der Waals surface area contributed by atoms with Crippen LogP contribution in [0.3, 0.4) is 0 Å². The topological polar surface area (TPSA) is 29.5 Å². The van der Waals surface area contributed by atoms with Gasteiger partial charge in [0.1, 0.15) is 16.7 Å². The van der Waals surface area contributed by atoms with Gasteiger partial charge in [-0.3, -0.25) is 0 Å². The van der Waals surface area contributed by atoms with Gasteiger partial charge in [0.25, 0.3) is 0 Å². The van der Waals surface area contributed by atoms with Crippen LogP contribution in [0.2, 0.25) is 0 Å². The first kappa shape index (κ1) is 27.1. The standard InChI is InChI=1S/C45H31NO2/c1-45(2)34-20-9-6-17-32(34)41-35(45)21-13-22-36(41)46(38-23-12-19-31-30-16-7-10-24-39(30)47-43(31)38)37-27-26-29(28-14-4-3-5-15-28)44-42(37)33-18-8-11-25-40(33)48-44/h3-27H,1-2H3. The monoisotopic (exact) mass is 617 g/mol. The summed E-state index contributed by atoms with van der Waals surface area (Å²) in [4.78, 5) is 2.42. The van der Waals surface area contributed by atoms with Gasteiger partial charge in [-0.15, -0.1) is 0 Å². The van der Waals surface area contributed by atoms with Gasteiger partial charge in [-0.2, -0.15) is 0 Å². The third kappa shape index (κ3) is 3.70. The molecule has 2 aromatic heterocycles. The van der Waals surface area contributed by atoms with E-state index in [0.29, 0.717) is 0 Å². The number of nitrogens with zero attached hydrogens (tertiary/aromatic N) is 1. The average Bonchev–Trinajstić information content (AvgIpc) is 3.78. The largest absolute Gasteiger partial charge is 0.455 e. The lowest BCUT2D eigenvalue weighted by Gasteiger charge is -2.29. The molecule has 0 amide bonds. The van der Waals surface area contributed by atoms with E-state index in [9.17, 15) is 0 Å². The molecule has 0 atom stereocenters. The first-order chi connectivity index (χ1) is 23.6. The Morgan fingerprint density at radius 1 is 0.438 bits per heavy atom. The van der Waals surface area contributed by atoms with Crippen molar-refractivity contribution in [2.24, 2.45) is 0 Å². The van der Waals surface area contributed by atoms with Gasteiger partial charge in [0.05, 0.1) is 22.4 Å². The van der Waals surface area contributed by atoms with Crippen LogP contribution in [0.5, 0.6) is 0 Å². The molecule has 0 N–H and O–H groups in total. The first-order valence-corrected chi connectivity index (χ1v) is 16.5. The zero-order valence-electron chi connectivity index (χ0n) is 26.7. The maximum atomic E-state index is 6.77. The fraction of sp³-hybridized carbons (Fsp3) is 0.0667. The highest BCUT2D eigenvalue weighted by Gasteiger charge is 2.38. The summed E-state index contributed by atoms with van der Waals surface area (Å²) < 4.78 is 13.5. The number of rotatable bonds is 4. The number of hydrogen-bond donors (Lipinski definition) is 0. The van der Waals surface area contributed by atoms with Gasteiger partial charge in [-0.05, 0) is 58.7 Å². The Hall–Kier alpha value is -6.06. The van der Waals surface area contributed by atoms with Crippen molar-refractivity contribution in [2.75, 3.05) is 4.90 Å². The van der Waals surface area contributed by atoms with Crippen molar-refractivity contribution in [2.45, 2.75) is 19.3 Å². The molecule has 0 unspecified atom stereocenters. The Bertz CT molecular complexity index is 2710. The molecule has 0 bridgehead atoms. The third-order valence-corrected chi connectivity index (χ3v) is 10.3. The summed E-state index contributed by atoms with van der Waals surface area (Å²) in [7, 11) is 0. The molecule has 48 heavy (non-hydrogen) atoms. The van der Waals surface area contributed by atoms with E-state index in [0.717, 1.165) is 72.1 Å². The van der Waals surface area contributed by atoms with Crippen LogP contribution >= 0.6 is 0 Å². The molecule has 0 spiro atoms. The first-order valence-electron chi connectivity index (χ1n) is 16.5. The minimum atomic E-state index is -0.145. The molecule has 1 aliphatic carbocycles. The van der Waals surface area contributed by atoms with E-state index in [1.165, 1.54) is 22.3 Å². The van der Waals surface area contributed by atoms with E-state index in [2.05, 4.69) is 158 Å². The fourth-order valence-electron chi connectivity index (χ4n) is 8.06. The summed E-state index contributed by atoms with van der Waals surface area (Å²) in [5.74, 6) is 0. The van der Waals surface area contributed by atoms with E-state index in [4.69, 9.17) is 8.83 Å². The number of fused-ring (bicyclic) bond motifs is 9. The second-order valence-corrected chi connectivity index (χ2v) is 13.3. The Labute approximate surface area is 278 Å². The fourth-order valence-corrected chi connectivity index (χ4v) is 8.06. The highest BCUT2D eigenvalue weighted by Crippen LogP contribution is 2.56. The van der Waals surface area contributed by atoms with E-state index in [-0.39, 0.29) is 5.41 Å². The van der Waals surface area contributed by atoms with E-state index < -0.39 is 0 Å². The van der Waals surface area contributed by atoms with E-state index in [1.54, 1.807) is 0 Å². The highest BCUT2D eigenvalue weighted by atomic mass is 16.3. The normalized spacial score (nSPS) is 13.4. The number of hydrogen-bond acceptors (Lipinski definition) is 3. The van der Waals surface area contributed by atoms with Crippen molar-refractivity contribution in [3.8, 4) is 22.3 Å². The molecule has 0 saturated heterocycles. The summed E-state index contributed by atoms with van der Waals surface area (Å²) >= 11 is 0. The number of anilines is 3. The molecule has 0 radical (unpaired) electrons. The molecular weight excluding hydrogens is 587 g/mol. The average molecular weight is 618 g/mol. The Kier molecular flexibility index (Phi) is 5.63. The van der Waals surface area contributed by atoms with Crippen molar-refractivity contribution in [1.29, 1.82) is 0 Å². The Morgan fingerprint density at radius 2 is 1.06 bits per heavy atom. The minimum Gasteiger partial charge on any atom is -0.455 e. The smallest absolute Gasteiger partial charge is 0.159 e. The van der Waals surface area contributed by atoms with E-state index in [1.807, 2.05) is 12.1 Å². The van der Waals surface area contributed by atoms with Crippen molar-refractivity contribution < 1.29 is 8.83 Å². The van der Waals surface area contributed by atoms with Crippen LogP contribution in [-0.2, 0) is 5.41 Å². The molecule has 3 nitrogen and oxygen atoms in total. The number of para-hydroxylation sites is 3. The van der Waals surface area contributed by atoms with E-state index >= 15 is 0 Å². The lowest BCUT2D eigenvalue weighted by Crippen LogP contribution is -2.16. The SMILES string of the molecule is CC1(C)c2ccccc2-c2c(N(c3cccc4c3oc3ccccc34)c3ccc(-c4ccccc4)c4oc5ccccc5c34)cccc21. The molecule has 228 valence electrons. The number of benzene rings is 7. The maximum absolute atomic E-state index is 6.77. The lowest BCUT2D eigenvalue weighted by molar-refractivity contribution is 0.660. The van der Waals surface area contributed by atoms with Crippen LogP contribution in [0, 0.1) is 0 Å². The van der Waals surface area contributed by atoms with Gasteiger partial charge in [0, 0.05) is 32.7 Å². The Balaban J connectivity index is 1.36. The summed E-state index contributed by atoms with van der Waals surface area (Å²) in [6.45, 7) is 4.67. The van der Waals surface area contributed by atoms with Gasteiger partial charge in [0.2, 0.25) is 0 Å². The van der Waals surface area contributed by atoms with Gasteiger partial charge in [0.15, 0.2) is 5.58 Å². The van der Waals surface area contributed by atoms with Gasteiger partial charge >= 0.3 is 0 Å². The van der Waals surface area contributed by atoms with Gasteiger partial charge < -0.3 is 13.7 Å². The van der Waals surface area contributed by atoms with Crippen LogP contribution in [0.15, 0.2) is 160 Å². The van der Waals surface area contributed by atoms with Crippen LogP contribution in [0.4, 0.5) is 17.1 Å². The van der Waals surface area contributed by atoms with Crippen molar-refractivity contribution >= 4 is 60.9 Å². The quantitative estimate of drug-likeness (QED) is 0.197.